The molecule has 0 bridgehead atoms. The number of ether oxygens (including phenoxy) is 1. The lowest BCUT2D eigenvalue weighted by Crippen LogP contribution is -2.19. The van der Waals surface area contributed by atoms with Crippen LogP contribution in [-0.4, -0.2) is 36.1 Å². The fourth-order valence-electron chi connectivity index (χ4n) is 3.02. The number of anilines is 1. The minimum atomic E-state index is -0.600. The zero-order valence-electron chi connectivity index (χ0n) is 17.0. The molecule has 0 saturated heterocycles. The van der Waals surface area contributed by atoms with Gasteiger partial charge in [-0.25, -0.2) is 18.7 Å². The molecule has 162 valence electrons. The number of benzene rings is 2. The van der Waals surface area contributed by atoms with Crippen molar-refractivity contribution >= 4 is 27.7 Å². The van der Waals surface area contributed by atoms with Gasteiger partial charge < -0.3 is 15.4 Å². The van der Waals surface area contributed by atoms with Crippen molar-refractivity contribution in [2.24, 2.45) is 0 Å². The number of nitrogens with zero attached hydrogens (tertiary/aromatic N) is 2. The minimum Gasteiger partial charge on any atom is -0.493 e. The molecule has 1 heterocycles. The number of carbonyl (C=O) groups is 1. The highest BCUT2D eigenvalue weighted by Crippen LogP contribution is 2.27. The molecule has 0 aliphatic carbocycles. The van der Waals surface area contributed by atoms with Crippen LogP contribution < -0.4 is 15.4 Å². The predicted molar refractivity (Wildman–Crippen MR) is 118 cm³/mol. The van der Waals surface area contributed by atoms with E-state index in [1.807, 2.05) is 6.92 Å². The summed E-state index contributed by atoms with van der Waals surface area (Å²) in [5.41, 5.74) is 1.80. The molecule has 2 aromatic carbocycles. The average molecular weight is 491 g/mol. The molecule has 3 aromatic rings. The molecule has 0 unspecified atom stereocenters. The normalized spacial score (nSPS) is 10.6. The molecule has 1 amide bonds. The molecule has 0 aliphatic rings. The first kappa shape index (κ1) is 22.6. The van der Waals surface area contributed by atoms with Crippen molar-refractivity contribution in [3.8, 4) is 17.0 Å². The molecule has 0 fully saturated rings. The van der Waals surface area contributed by atoms with Gasteiger partial charge in [-0.05, 0) is 37.6 Å². The summed E-state index contributed by atoms with van der Waals surface area (Å²) in [6, 6.07) is 9.38. The Morgan fingerprint density at radius 1 is 1.13 bits per heavy atom. The number of hydrogen-bond acceptors (Lipinski definition) is 5. The zero-order valence-corrected chi connectivity index (χ0v) is 18.6. The van der Waals surface area contributed by atoms with Crippen LogP contribution in [0, 0.1) is 11.6 Å². The molecule has 0 spiro atoms. The minimum absolute atomic E-state index is 0.0103. The summed E-state index contributed by atoms with van der Waals surface area (Å²) in [4.78, 5) is 20.5. The topological polar surface area (TPSA) is 76.1 Å². The highest BCUT2D eigenvalue weighted by atomic mass is 79.9. The molecule has 9 heteroatoms. The Kier molecular flexibility index (Phi) is 7.51. The summed E-state index contributed by atoms with van der Waals surface area (Å²) in [6.45, 7) is 2.53. The van der Waals surface area contributed by atoms with Gasteiger partial charge in [0.05, 0.1) is 17.9 Å². The van der Waals surface area contributed by atoms with Gasteiger partial charge in [-0.15, -0.1) is 0 Å². The number of halogens is 3. The fourth-order valence-corrected chi connectivity index (χ4v) is 3.42. The van der Waals surface area contributed by atoms with Gasteiger partial charge in [-0.1, -0.05) is 22.0 Å². The maximum Gasteiger partial charge on any atom is 0.254 e. The fraction of sp³-hybridized carbons (Fsp3) is 0.227. The van der Waals surface area contributed by atoms with Crippen LogP contribution in [0.15, 0.2) is 47.2 Å². The second kappa shape index (κ2) is 10.3. The molecule has 6 nitrogen and oxygen atoms in total. The van der Waals surface area contributed by atoms with Crippen molar-refractivity contribution in [3.05, 3.63) is 70.0 Å². The second-order valence-electron chi connectivity index (χ2n) is 6.54. The van der Waals surface area contributed by atoms with Crippen LogP contribution in [0.4, 0.5) is 14.6 Å². The number of aromatic nitrogens is 2. The maximum absolute atomic E-state index is 14.0. The van der Waals surface area contributed by atoms with E-state index in [1.54, 1.807) is 31.3 Å². The van der Waals surface area contributed by atoms with Crippen molar-refractivity contribution < 1.29 is 18.3 Å². The molecule has 31 heavy (non-hydrogen) atoms. The molecule has 0 saturated carbocycles. The van der Waals surface area contributed by atoms with Crippen molar-refractivity contribution in [2.45, 2.75) is 13.3 Å². The van der Waals surface area contributed by atoms with Crippen LogP contribution in [-0.2, 0) is 6.42 Å². The van der Waals surface area contributed by atoms with Crippen LogP contribution in [0.1, 0.15) is 22.8 Å². The lowest BCUT2D eigenvalue weighted by Gasteiger charge is -2.12. The third kappa shape index (κ3) is 5.55. The van der Waals surface area contributed by atoms with E-state index in [1.165, 1.54) is 18.5 Å². The average Bonchev–Trinajstić information content (AvgIpc) is 2.75. The Balaban J connectivity index is 1.76. The molecule has 1 aromatic heterocycles. The number of nitrogens with one attached hydrogen (secondary N) is 2. The molecule has 0 radical (unpaired) electrons. The number of carbonyl (C=O) groups excluding carboxylic acids is 1. The van der Waals surface area contributed by atoms with Gasteiger partial charge in [0.15, 0.2) is 0 Å². The second-order valence-corrected chi connectivity index (χ2v) is 7.45. The van der Waals surface area contributed by atoms with E-state index >= 15 is 0 Å². The van der Waals surface area contributed by atoms with Crippen molar-refractivity contribution in [1.82, 2.24) is 15.3 Å². The van der Waals surface area contributed by atoms with E-state index in [2.05, 4.69) is 36.5 Å². The van der Waals surface area contributed by atoms with Gasteiger partial charge >= 0.3 is 0 Å². The monoisotopic (exact) mass is 490 g/mol. The molecule has 0 aliphatic heterocycles. The first-order valence-electron chi connectivity index (χ1n) is 9.61. The molecule has 0 atom stereocenters. The first-order valence-corrected chi connectivity index (χ1v) is 10.4. The van der Waals surface area contributed by atoms with Crippen LogP contribution in [0.2, 0.25) is 0 Å². The Labute approximate surface area is 187 Å². The van der Waals surface area contributed by atoms with E-state index in [0.29, 0.717) is 33.9 Å². The predicted octanol–water partition coefficient (Wildman–Crippen LogP) is 4.60. The SMILES string of the molecule is CCOc1cc(-c2cc(NCCc3c(F)cc(Br)cc3F)ncn2)ccc1C(=O)NC. The Morgan fingerprint density at radius 3 is 2.55 bits per heavy atom. The lowest BCUT2D eigenvalue weighted by molar-refractivity contribution is 0.0959. The van der Waals surface area contributed by atoms with Crippen LogP contribution >= 0.6 is 15.9 Å². The van der Waals surface area contributed by atoms with Crippen molar-refractivity contribution in [2.75, 3.05) is 25.5 Å². The van der Waals surface area contributed by atoms with Gasteiger partial charge in [0.25, 0.3) is 5.91 Å². The van der Waals surface area contributed by atoms with Crippen molar-refractivity contribution in [3.63, 3.8) is 0 Å². The number of rotatable bonds is 8. The Morgan fingerprint density at radius 2 is 1.87 bits per heavy atom. The number of hydrogen-bond donors (Lipinski definition) is 2. The van der Waals surface area contributed by atoms with E-state index < -0.39 is 11.6 Å². The molecular weight excluding hydrogens is 470 g/mol. The summed E-state index contributed by atoms with van der Waals surface area (Å²) in [5, 5.41) is 5.64. The van der Waals surface area contributed by atoms with Gasteiger partial charge in [-0.3, -0.25) is 4.79 Å². The lowest BCUT2D eigenvalue weighted by atomic mass is 10.1. The third-order valence-electron chi connectivity index (χ3n) is 4.50. The Bertz CT molecular complexity index is 1070. The van der Waals surface area contributed by atoms with Gasteiger partial charge in [-0.2, -0.15) is 0 Å². The standard InChI is InChI=1S/C22H21BrF2N4O2/c1-3-31-20-8-13(4-5-16(20)22(30)26-2)19-11-21(29-12-28-19)27-7-6-15-17(24)9-14(23)10-18(15)25/h4-5,8-12H,3,6-7H2,1-2H3,(H,26,30)(H,27,28,29). The summed E-state index contributed by atoms with van der Waals surface area (Å²) >= 11 is 3.07. The van der Waals surface area contributed by atoms with E-state index in [0.717, 1.165) is 5.56 Å². The molecular formula is C22H21BrF2N4O2. The first-order chi connectivity index (χ1) is 14.9. The molecule has 2 N–H and O–H groups in total. The van der Waals surface area contributed by atoms with Gasteiger partial charge in [0.2, 0.25) is 0 Å². The third-order valence-corrected chi connectivity index (χ3v) is 4.96. The molecule has 3 rings (SSSR count). The quantitative estimate of drug-likeness (QED) is 0.482. The summed E-state index contributed by atoms with van der Waals surface area (Å²) in [7, 11) is 1.56. The maximum atomic E-state index is 14.0. The summed E-state index contributed by atoms with van der Waals surface area (Å²) < 4.78 is 33.9. The van der Waals surface area contributed by atoms with E-state index in [9.17, 15) is 13.6 Å². The highest BCUT2D eigenvalue weighted by molar-refractivity contribution is 9.10. The number of amides is 1. The smallest absolute Gasteiger partial charge is 0.254 e. The Hall–Kier alpha value is -3.07. The van der Waals surface area contributed by atoms with Gasteiger partial charge in [0.1, 0.15) is 29.5 Å². The van der Waals surface area contributed by atoms with Crippen LogP contribution in [0.5, 0.6) is 5.75 Å². The highest BCUT2D eigenvalue weighted by Gasteiger charge is 2.14. The van der Waals surface area contributed by atoms with Crippen LogP contribution in [0.25, 0.3) is 11.3 Å². The summed E-state index contributed by atoms with van der Waals surface area (Å²) in [5.74, 6) is -0.481. The zero-order chi connectivity index (χ0) is 22.4. The van der Waals surface area contributed by atoms with E-state index in [4.69, 9.17) is 4.74 Å². The van der Waals surface area contributed by atoms with Gasteiger partial charge in [0, 0.05) is 35.3 Å². The largest absolute Gasteiger partial charge is 0.493 e. The van der Waals surface area contributed by atoms with E-state index in [-0.39, 0.29) is 24.4 Å². The van der Waals surface area contributed by atoms with Crippen molar-refractivity contribution in [1.29, 1.82) is 0 Å². The van der Waals surface area contributed by atoms with Crippen LogP contribution in [0.3, 0.4) is 0 Å². The summed E-state index contributed by atoms with van der Waals surface area (Å²) in [6.07, 6.45) is 1.55.